The zero-order chi connectivity index (χ0) is 18.4. The van der Waals surface area contributed by atoms with Crippen LogP contribution in [0.25, 0.3) is 0 Å². The lowest BCUT2D eigenvalue weighted by molar-refractivity contribution is -0.122. The van der Waals surface area contributed by atoms with E-state index >= 15 is 0 Å². The first-order chi connectivity index (χ1) is 12.6. The minimum Gasteiger partial charge on any atom is -0.381 e. The van der Waals surface area contributed by atoms with Crippen LogP contribution >= 0.6 is 0 Å². The molecule has 3 rings (SSSR count). The fourth-order valence-corrected chi connectivity index (χ4v) is 3.09. The molecule has 0 spiro atoms. The van der Waals surface area contributed by atoms with Crippen LogP contribution < -0.4 is 5.32 Å². The van der Waals surface area contributed by atoms with E-state index in [2.05, 4.69) is 20.4 Å². The number of amides is 1. The molecule has 1 N–H and O–H groups in total. The van der Waals surface area contributed by atoms with Crippen molar-refractivity contribution >= 4 is 5.91 Å². The Bertz CT molecular complexity index is 696. The maximum absolute atomic E-state index is 12.5. The molecule has 0 bridgehead atoms. The molecule has 1 aliphatic heterocycles. The highest BCUT2D eigenvalue weighted by molar-refractivity contribution is 5.76. The maximum atomic E-state index is 12.5. The molecule has 0 aromatic carbocycles. The number of aromatic nitrogens is 3. The Morgan fingerprint density at radius 2 is 2.00 bits per heavy atom. The summed E-state index contributed by atoms with van der Waals surface area (Å²) >= 11 is 0. The van der Waals surface area contributed by atoms with E-state index in [0.717, 1.165) is 18.4 Å². The van der Waals surface area contributed by atoms with Crippen molar-refractivity contribution in [1.82, 2.24) is 20.4 Å². The monoisotopic (exact) mass is 358 g/mol. The van der Waals surface area contributed by atoms with Crippen molar-refractivity contribution < 1.29 is 14.1 Å². The molecule has 2 aromatic rings. The van der Waals surface area contributed by atoms with Gasteiger partial charge in [-0.25, -0.2) is 0 Å². The molecular formula is C19H26N4O3. The number of hydrogen-bond donors (Lipinski definition) is 1. The van der Waals surface area contributed by atoms with E-state index in [0.29, 0.717) is 37.8 Å². The number of carbonyl (C=O) groups is 1. The Morgan fingerprint density at radius 1 is 1.27 bits per heavy atom. The van der Waals surface area contributed by atoms with Gasteiger partial charge in [0.15, 0.2) is 5.82 Å². The predicted octanol–water partition coefficient (Wildman–Crippen LogP) is 2.80. The number of rotatable bonds is 7. The Balaban J connectivity index is 1.67. The second-order valence-corrected chi connectivity index (χ2v) is 7.00. The summed E-state index contributed by atoms with van der Waals surface area (Å²) in [4.78, 5) is 21.0. The predicted molar refractivity (Wildman–Crippen MR) is 95.4 cm³/mol. The minimum absolute atomic E-state index is 0.0115. The van der Waals surface area contributed by atoms with Crippen molar-refractivity contribution in [3.63, 3.8) is 0 Å². The summed E-state index contributed by atoms with van der Waals surface area (Å²) in [7, 11) is 0. The van der Waals surface area contributed by atoms with Crippen molar-refractivity contribution in [3.8, 4) is 0 Å². The second-order valence-electron chi connectivity index (χ2n) is 7.00. The zero-order valence-corrected chi connectivity index (χ0v) is 15.4. The van der Waals surface area contributed by atoms with E-state index in [4.69, 9.17) is 9.26 Å². The van der Waals surface area contributed by atoms with Crippen molar-refractivity contribution in [1.29, 1.82) is 0 Å². The number of ether oxygens (including phenoxy) is 1. The van der Waals surface area contributed by atoms with Gasteiger partial charge in [-0.15, -0.1) is 0 Å². The van der Waals surface area contributed by atoms with Crippen molar-refractivity contribution in [3.05, 3.63) is 41.8 Å². The van der Waals surface area contributed by atoms with Crippen LogP contribution in [0, 0.1) is 5.92 Å². The molecule has 1 saturated heterocycles. The van der Waals surface area contributed by atoms with E-state index in [9.17, 15) is 4.79 Å². The lowest BCUT2D eigenvalue weighted by Gasteiger charge is -2.28. The normalized spacial score (nSPS) is 16.6. The molecule has 0 radical (unpaired) electrons. The smallest absolute Gasteiger partial charge is 0.249 e. The van der Waals surface area contributed by atoms with Crippen LogP contribution in [0.15, 0.2) is 29.0 Å². The third-order valence-electron chi connectivity index (χ3n) is 4.68. The standard InChI is InChI=1S/C19H26N4O3/c1-13(2)18-22-19(26-23-18)17(15-7-11-25-12-8-15)21-16(24)4-3-14-5-9-20-10-6-14/h5-6,9-10,13,15,17H,3-4,7-8,11-12H2,1-2H3,(H,21,24)/t17-/m0/s1. The maximum Gasteiger partial charge on any atom is 0.249 e. The summed E-state index contributed by atoms with van der Waals surface area (Å²) in [5.41, 5.74) is 1.10. The summed E-state index contributed by atoms with van der Waals surface area (Å²) in [6, 6.07) is 3.59. The number of aryl methyl sites for hydroxylation is 1. The molecule has 26 heavy (non-hydrogen) atoms. The third kappa shape index (κ3) is 4.88. The summed E-state index contributed by atoms with van der Waals surface area (Å²) in [5.74, 6) is 1.59. The third-order valence-corrected chi connectivity index (χ3v) is 4.68. The first kappa shape index (κ1) is 18.5. The highest BCUT2D eigenvalue weighted by atomic mass is 16.5. The molecule has 0 unspecified atom stereocenters. The lowest BCUT2D eigenvalue weighted by Crippen LogP contribution is -2.36. The van der Waals surface area contributed by atoms with Gasteiger partial charge in [0.2, 0.25) is 11.8 Å². The molecule has 0 aliphatic carbocycles. The van der Waals surface area contributed by atoms with Crippen LogP contribution in [-0.4, -0.2) is 34.2 Å². The quantitative estimate of drug-likeness (QED) is 0.818. The van der Waals surface area contributed by atoms with E-state index in [-0.39, 0.29) is 23.8 Å². The average Bonchev–Trinajstić information content (AvgIpc) is 3.16. The zero-order valence-electron chi connectivity index (χ0n) is 15.4. The van der Waals surface area contributed by atoms with Crippen molar-refractivity contribution in [2.75, 3.05) is 13.2 Å². The number of hydrogen-bond acceptors (Lipinski definition) is 6. The minimum atomic E-state index is -0.260. The first-order valence-corrected chi connectivity index (χ1v) is 9.23. The number of carbonyl (C=O) groups excluding carboxylic acids is 1. The number of pyridine rings is 1. The van der Waals surface area contributed by atoms with Gasteiger partial charge < -0.3 is 14.6 Å². The van der Waals surface area contributed by atoms with Crippen LogP contribution in [0.2, 0.25) is 0 Å². The Hall–Kier alpha value is -2.28. The van der Waals surface area contributed by atoms with Crippen LogP contribution in [0.5, 0.6) is 0 Å². The van der Waals surface area contributed by atoms with Crippen LogP contribution in [-0.2, 0) is 16.0 Å². The van der Waals surface area contributed by atoms with Gasteiger partial charge in [0, 0.05) is 37.9 Å². The summed E-state index contributed by atoms with van der Waals surface area (Å²) in [5, 5.41) is 7.18. The van der Waals surface area contributed by atoms with E-state index in [1.165, 1.54) is 0 Å². The molecule has 140 valence electrons. The fraction of sp³-hybridized carbons (Fsp3) is 0.579. The first-order valence-electron chi connectivity index (χ1n) is 9.23. The molecule has 2 aromatic heterocycles. The van der Waals surface area contributed by atoms with Gasteiger partial charge in [-0.3, -0.25) is 9.78 Å². The molecule has 3 heterocycles. The molecule has 0 saturated carbocycles. The highest BCUT2D eigenvalue weighted by Gasteiger charge is 2.31. The number of nitrogens with zero attached hydrogens (tertiary/aromatic N) is 3. The van der Waals surface area contributed by atoms with Crippen LogP contribution in [0.1, 0.15) is 62.3 Å². The Kier molecular flexibility index (Phi) is 6.33. The molecule has 1 atom stereocenters. The molecule has 1 aliphatic rings. The van der Waals surface area contributed by atoms with Crippen molar-refractivity contribution in [2.24, 2.45) is 5.92 Å². The second kappa shape index (κ2) is 8.89. The highest BCUT2D eigenvalue weighted by Crippen LogP contribution is 2.30. The molecule has 1 amide bonds. The van der Waals surface area contributed by atoms with Crippen LogP contribution in [0.3, 0.4) is 0 Å². The summed E-state index contributed by atoms with van der Waals surface area (Å²) in [6.45, 7) is 5.43. The van der Waals surface area contributed by atoms with E-state index < -0.39 is 0 Å². The summed E-state index contributed by atoms with van der Waals surface area (Å²) in [6.07, 6.45) is 6.31. The van der Waals surface area contributed by atoms with Crippen molar-refractivity contribution in [2.45, 2.75) is 51.5 Å². The number of nitrogens with one attached hydrogen (secondary N) is 1. The van der Waals surface area contributed by atoms with Gasteiger partial charge in [-0.2, -0.15) is 4.98 Å². The molecular weight excluding hydrogens is 332 g/mol. The largest absolute Gasteiger partial charge is 0.381 e. The lowest BCUT2D eigenvalue weighted by atomic mass is 9.91. The van der Waals surface area contributed by atoms with Gasteiger partial charge >= 0.3 is 0 Å². The topological polar surface area (TPSA) is 90.1 Å². The molecule has 1 fully saturated rings. The SMILES string of the molecule is CC(C)c1noc([C@@H](NC(=O)CCc2ccncc2)C2CCOCC2)n1. The van der Waals surface area contributed by atoms with Gasteiger partial charge in [0.25, 0.3) is 0 Å². The summed E-state index contributed by atoms with van der Waals surface area (Å²) < 4.78 is 10.9. The van der Waals surface area contributed by atoms with Gasteiger partial charge in [0.05, 0.1) is 0 Å². The molecule has 7 nitrogen and oxygen atoms in total. The molecule has 7 heteroatoms. The average molecular weight is 358 g/mol. The van der Waals surface area contributed by atoms with E-state index in [1.807, 2.05) is 26.0 Å². The van der Waals surface area contributed by atoms with Gasteiger partial charge in [-0.1, -0.05) is 19.0 Å². The Morgan fingerprint density at radius 3 is 2.65 bits per heavy atom. The Labute approximate surface area is 153 Å². The van der Waals surface area contributed by atoms with Gasteiger partial charge in [0.1, 0.15) is 6.04 Å². The van der Waals surface area contributed by atoms with E-state index in [1.54, 1.807) is 12.4 Å². The fourth-order valence-electron chi connectivity index (χ4n) is 3.09. The van der Waals surface area contributed by atoms with Gasteiger partial charge in [-0.05, 0) is 42.9 Å². The van der Waals surface area contributed by atoms with Crippen LogP contribution in [0.4, 0.5) is 0 Å².